The van der Waals surface area contributed by atoms with Crippen LogP contribution in [0.5, 0.6) is 5.75 Å². The van der Waals surface area contributed by atoms with Gasteiger partial charge in [0.1, 0.15) is 11.6 Å². The Morgan fingerprint density at radius 2 is 1.25 bits per heavy atom. The molecule has 1 N–H and O–H groups in total. The summed E-state index contributed by atoms with van der Waals surface area (Å²) in [5.74, 6) is 1.00. The van der Waals surface area contributed by atoms with Crippen molar-refractivity contribution in [1.82, 2.24) is 14.5 Å². The topological polar surface area (TPSA) is 50.9 Å². The lowest BCUT2D eigenvalue weighted by atomic mass is 9.79. The summed E-state index contributed by atoms with van der Waals surface area (Å²) in [5.41, 5.74) is 16.5. The number of nitrogens with zero attached hydrogens (tertiary/aromatic N) is 3. The molecule has 6 aromatic carbocycles. The molecule has 64 heavy (non-hydrogen) atoms. The highest BCUT2D eigenvalue weighted by Crippen LogP contribution is 2.58. The van der Waals surface area contributed by atoms with Gasteiger partial charge < -0.3 is 5.11 Å². The van der Waals surface area contributed by atoms with Gasteiger partial charge in [0.2, 0.25) is 0 Å². The summed E-state index contributed by atoms with van der Waals surface area (Å²) >= 11 is 1.89. The Balaban J connectivity index is 1.30. The molecular formula is C59H57N3OS. The van der Waals surface area contributed by atoms with Crippen molar-refractivity contribution < 1.29 is 5.11 Å². The van der Waals surface area contributed by atoms with Crippen LogP contribution in [-0.2, 0) is 21.7 Å². The fraction of sp³-hybridized carbons (Fsp3) is 0.254. The molecule has 10 rings (SSSR count). The summed E-state index contributed by atoms with van der Waals surface area (Å²) in [5, 5.41) is 13.8. The third-order valence-corrected chi connectivity index (χ3v) is 14.9. The molecule has 0 atom stereocenters. The van der Waals surface area contributed by atoms with Crippen LogP contribution < -0.4 is 0 Å². The van der Waals surface area contributed by atoms with Crippen LogP contribution in [0, 0.1) is 0 Å². The molecule has 0 bridgehead atoms. The third-order valence-electron chi connectivity index (χ3n) is 13.4. The molecule has 3 aromatic heterocycles. The number of benzene rings is 6. The smallest absolute Gasteiger partial charge is 0.149 e. The predicted molar refractivity (Wildman–Crippen MR) is 271 cm³/mol. The molecule has 0 unspecified atom stereocenters. The number of imidazole rings is 1. The zero-order chi connectivity index (χ0) is 45.1. The number of rotatable bonds is 5. The van der Waals surface area contributed by atoms with E-state index in [2.05, 4.69) is 214 Å². The van der Waals surface area contributed by atoms with E-state index in [0.29, 0.717) is 0 Å². The second kappa shape index (κ2) is 14.6. The number of hydrogen-bond acceptors (Lipinski definition) is 4. The average Bonchev–Trinajstić information content (AvgIpc) is 3.91. The molecule has 0 spiro atoms. The van der Waals surface area contributed by atoms with Gasteiger partial charge in [-0.3, -0.25) is 9.55 Å². The van der Waals surface area contributed by atoms with E-state index in [0.717, 1.165) is 67.2 Å². The molecule has 1 aliphatic carbocycles. The highest BCUT2D eigenvalue weighted by molar-refractivity contribution is 7.20. The quantitative estimate of drug-likeness (QED) is 0.188. The van der Waals surface area contributed by atoms with Crippen LogP contribution in [0.2, 0.25) is 0 Å². The first-order chi connectivity index (χ1) is 30.3. The van der Waals surface area contributed by atoms with E-state index in [-0.39, 0.29) is 27.4 Å². The van der Waals surface area contributed by atoms with Gasteiger partial charge in [-0.25, -0.2) is 4.98 Å². The summed E-state index contributed by atoms with van der Waals surface area (Å²) in [6.45, 7) is 24.8. The summed E-state index contributed by atoms with van der Waals surface area (Å²) in [4.78, 5) is 12.1. The van der Waals surface area contributed by atoms with Crippen molar-refractivity contribution in [3.05, 3.63) is 167 Å². The lowest BCUT2D eigenvalue weighted by Crippen LogP contribution is -2.17. The Hall–Kier alpha value is -6.30. The second-order valence-corrected chi connectivity index (χ2v) is 22.4. The van der Waals surface area contributed by atoms with Crippen molar-refractivity contribution in [2.75, 3.05) is 0 Å². The Morgan fingerprint density at radius 3 is 1.92 bits per heavy atom. The zero-order valence-electron chi connectivity index (χ0n) is 39.0. The van der Waals surface area contributed by atoms with Crippen LogP contribution in [0.3, 0.4) is 0 Å². The van der Waals surface area contributed by atoms with Crippen LogP contribution in [0.15, 0.2) is 140 Å². The van der Waals surface area contributed by atoms with Crippen LogP contribution in [0.1, 0.15) is 103 Å². The van der Waals surface area contributed by atoms with Crippen LogP contribution in [0.4, 0.5) is 0 Å². The van der Waals surface area contributed by atoms with Crippen molar-refractivity contribution in [1.29, 1.82) is 0 Å². The highest BCUT2D eigenvalue weighted by Gasteiger charge is 2.41. The SMILES string of the molecule is CC(C)(C)c1ccc(-n2c(-c3cc(C(C)(C)C)cc(C(C)(C)C)c3O)nc3c4c(ccc32)C(C)(C)c2sc3ccc(-c5cc(-c6ccccc6)ccn5)cc3c2-4)c(-c2ccccc2)c1. The maximum Gasteiger partial charge on any atom is 0.149 e. The number of hydrogen-bond donors (Lipinski definition) is 1. The van der Waals surface area contributed by atoms with E-state index in [1.54, 1.807) is 0 Å². The van der Waals surface area contributed by atoms with E-state index in [1.165, 1.54) is 42.8 Å². The number of aromatic nitrogens is 3. The minimum atomic E-state index is -0.316. The van der Waals surface area contributed by atoms with Gasteiger partial charge in [0.05, 0.1) is 28.0 Å². The number of aromatic hydroxyl groups is 1. The molecule has 0 amide bonds. The van der Waals surface area contributed by atoms with Gasteiger partial charge >= 0.3 is 0 Å². The van der Waals surface area contributed by atoms with Crippen molar-refractivity contribution in [3.63, 3.8) is 0 Å². The lowest BCUT2D eigenvalue weighted by molar-refractivity contribution is 0.446. The summed E-state index contributed by atoms with van der Waals surface area (Å²) in [6, 6.07) is 48.2. The van der Waals surface area contributed by atoms with E-state index >= 15 is 0 Å². The van der Waals surface area contributed by atoms with E-state index < -0.39 is 0 Å². The predicted octanol–water partition coefficient (Wildman–Crippen LogP) is 16.2. The van der Waals surface area contributed by atoms with Crippen LogP contribution in [-0.4, -0.2) is 19.6 Å². The van der Waals surface area contributed by atoms with Gasteiger partial charge in [-0.05, 0) is 98.2 Å². The lowest BCUT2D eigenvalue weighted by Gasteiger charge is -2.28. The van der Waals surface area contributed by atoms with Crippen molar-refractivity contribution in [2.24, 2.45) is 0 Å². The van der Waals surface area contributed by atoms with Gasteiger partial charge in [0.15, 0.2) is 0 Å². The molecule has 5 heteroatoms. The first kappa shape index (κ1) is 41.7. The molecule has 0 aliphatic heterocycles. The molecule has 0 saturated carbocycles. The summed E-state index contributed by atoms with van der Waals surface area (Å²) in [7, 11) is 0. The van der Waals surface area contributed by atoms with Crippen LogP contribution >= 0.6 is 11.3 Å². The van der Waals surface area contributed by atoms with Gasteiger partial charge in [0.25, 0.3) is 0 Å². The van der Waals surface area contributed by atoms with Crippen molar-refractivity contribution >= 4 is 32.5 Å². The number of phenolic OH excluding ortho intramolecular Hbond substituents is 1. The van der Waals surface area contributed by atoms with Gasteiger partial charge in [0, 0.05) is 54.4 Å². The maximum absolute atomic E-state index is 12.6. The summed E-state index contributed by atoms with van der Waals surface area (Å²) in [6.07, 6.45) is 1.92. The van der Waals surface area contributed by atoms with Gasteiger partial charge in [-0.1, -0.05) is 161 Å². The Labute approximate surface area is 382 Å². The molecule has 0 saturated heterocycles. The Morgan fingerprint density at radius 1 is 0.578 bits per heavy atom. The molecule has 1 aliphatic rings. The van der Waals surface area contributed by atoms with Crippen molar-refractivity contribution in [2.45, 2.75) is 97.8 Å². The molecule has 0 fully saturated rings. The molecule has 4 nitrogen and oxygen atoms in total. The normalized spacial score (nSPS) is 13.7. The Bertz CT molecular complexity index is 3290. The fourth-order valence-corrected chi connectivity index (χ4v) is 11.0. The first-order valence-electron chi connectivity index (χ1n) is 22.5. The zero-order valence-corrected chi connectivity index (χ0v) is 39.8. The van der Waals surface area contributed by atoms with Crippen LogP contribution in [0.25, 0.3) is 82.8 Å². The third kappa shape index (κ3) is 6.79. The van der Waals surface area contributed by atoms with Gasteiger partial charge in [-0.15, -0.1) is 11.3 Å². The van der Waals surface area contributed by atoms with Gasteiger partial charge in [-0.2, -0.15) is 0 Å². The molecular weight excluding hydrogens is 799 g/mol. The molecule has 0 radical (unpaired) electrons. The second-order valence-electron chi connectivity index (χ2n) is 21.3. The van der Waals surface area contributed by atoms with Crippen molar-refractivity contribution in [3.8, 4) is 67.5 Å². The summed E-state index contributed by atoms with van der Waals surface area (Å²) < 4.78 is 3.58. The monoisotopic (exact) mass is 855 g/mol. The molecule has 3 heterocycles. The van der Waals surface area contributed by atoms with E-state index in [9.17, 15) is 5.11 Å². The largest absolute Gasteiger partial charge is 0.507 e. The van der Waals surface area contributed by atoms with E-state index in [4.69, 9.17) is 9.97 Å². The number of pyridine rings is 1. The minimum Gasteiger partial charge on any atom is -0.507 e. The number of fused-ring (bicyclic) bond motifs is 7. The average molecular weight is 856 g/mol. The standard InChI is InChI=1S/C59H57N3OS/c1-56(2,3)39-23-25-47(41(32-39)36-20-16-13-17-21-36)62-48-26-24-44-51(52(48)61-55(62)43-33-40(57(4,5)6)34-45(53(43)63)58(7,8)9)50-42-30-38(22-27-49(42)64-54(50)59(44,10)11)46-31-37(28-29-60-46)35-18-14-12-15-19-35/h12-34,63H,1-11H3. The fourth-order valence-electron chi connectivity index (χ4n) is 9.66. The Kier molecular flexibility index (Phi) is 9.52. The first-order valence-corrected chi connectivity index (χ1v) is 23.4. The van der Waals surface area contributed by atoms with E-state index in [1.807, 2.05) is 17.5 Å². The maximum atomic E-state index is 12.6. The minimum absolute atomic E-state index is 0.0666. The molecule has 320 valence electrons. The number of phenols is 1. The highest BCUT2D eigenvalue weighted by atomic mass is 32.1. The molecule has 9 aromatic rings. The number of thiophene rings is 1.